The average Bonchev–Trinajstić information content (AvgIpc) is 2.42. The summed E-state index contributed by atoms with van der Waals surface area (Å²) in [6.07, 6.45) is 0. The topological polar surface area (TPSA) is 38.4 Å². The zero-order valence-corrected chi connectivity index (χ0v) is 12.4. The number of aliphatic imine (C=N–C) groups is 1. The summed E-state index contributed by atoms with van der Waals surface area (Å²) in [5.74, 6) is 0.271. The second-order valence-corrected chi connectivity index (χ2v) is 5.57. The predicted molar refractivity (Wildman–Crippen MR) is 84.9 cm³/mol. The lowest BCUT2D eigenvalue weighted by Gasteiger charge is -2.06. The number of aryl methyl sites for hydroxylation is 2. The first-order valence-electron chi connectivity index (χ1n) is 6.34. The summed E-state index contributed by atoms with van der Waals surface area (Å²) in [4.78, 5) is 4.44. The minimum Gasteiger partial charge on any atom is -0.378 e. The Hall–Kier alpha value is -1.81. The van der Waals surface area contributed by atoms with Gasteiger partial charge in [0.25, 0.3) is 0 Å². The Bertz CT molecular complexity index is 618. The summed E-state index contributed by atoms with van der Waals surface area (Å²) in [5.41, 5.74) is 9.63. The minimum absolute atomic E-state index is 0.208. The first kappa shape index (κ1) is 14.6. The van der Waals surface area contributed by atoms with Crippen LogP contribution in [0.5, 0.6) is 0 Å². The molecule has 0 unspecified atom stereocenters. The third-order valence-electron chi connectivity index (χ3n) is 2.99. The number of rotatable bonds is 3. The van der Waals surface area contributed by atoms with E-state index in [2.05, 4.69) is 4.99 Å². The maximum Gasteiger partial charge on any atom is 0.159 e. The Balaban J connectivity index is 2.11. The second kappa shape index (κ2) is 6.57. The monoisotopic (exact) mass is 288 g/mol. The maximum absolute atomic E-state index is 13.5. The van der Waals surface area contributed by atoms with Gasteiger partial charge in [0.2, 0.25) is 0 Å². The van der Waals surface area contributed by atoms with Crippen molar-refractivity contribution in [3.63, 3.8) is 0 Å². The Morgan fingerprint density at radius 1 is 1.10 bits per heavy atom. The first-order valence-corrected chi connectivity index (χ1v) is 7.33. The van der Waals surface area contributed by atoms with Crippen molar-refractivity contribution in [3.8, 4) is 0 Å². The standard InChI is InChI=1S/C16H17FN2S/c1-11-6-5-7-12(2)15(11)19-16(18)20-10-13-8-3-4-9-14(13)17/h3-9H,10H2,1-2H3,(H2,18,19). The number of halogens is 1. The van der Waals surface area contributed by atoms with Gasteiger partial charge in [0.15, 0.2) is 5.17 Å². The lowest BCUT2D eigenvalue weighted by Crippen LogP contribution is -2.07. The van der Waals surface area contributed by atoms with E-state index in [1.165, 1.54) is 17.8 Å². The second-order valence-electron chi connectivity index (χ2n) is 4.57. The van der Waals surface area contributed by atoms with Crippen molar-refractivity contribution in [2.75, 3.05) is 0 Å². The van der Waals surface area contributed by atoms with E-state index in [0.29, 0.717) is 16.5 Å². The molecule has 0 aliphatic heterocycles. The fourth-order valence-corrected chi connectivity index (χ4v) is 2.58. The van der Waals surface area contributed by atoms with Gasteiger partial charge in [-0.1, -0.05) is 48.2 Å². The van der Waals surface area contributed by atoms with Gasteiger partial charge in [-0.3, -0.25) is 0 Å². The van der Waals surface area contributed by atoms with Crippen LogP contribution in [0.15, 0.2) is 47.5 Å². The molecule has 2 rings (SSSR count). The molecule has 0 fully saturated rings. The molecule has 2 aromatic carbocycles. The molecule has 4 heteroatoms. The van der Waals surface area contributed by atoms with Crippen molar-refractivity contribution in [1.29, 1.82) is 0 Å². The largest absolute Gasteiger partial charge is 0.378 e. The summed E-state index contributed by atoms with van der Waals surface area (Å²) >= 11 is 1.34. The van der Waals surface area contributed by atoms with Crippen LogP contribution in [-0.2, 0) is 5.75 Å². The molecule has 2 aromatic rings. The number of para-hydroxylation sites is 1. The Kier molecular flexibility index (Phi) is 4.79. The highest BCUT2D eigenvalue weighted by Crippen LogP contribution is 2.25. The molecule has 0 bridgehead atoms. The lowest BCUT2D eigenvalue weighted by atomic mass is 10.1. The van der Waals surface area contributed by atoms with Gasteiger partial charge >= 0.3 is 0 Å². The molecule has 2 N–H and O–H groups in total. The fourth-order valence-electron chi connectivity index (χ4n) is 1.89. The summed E-state index contributed by atoms with van der Waals surface area (Å²) in [6.45, 7) is 4.00. The van der Waals surface area contributed by atoms with Crippen LogP contribution in [0.4, 0.5) is 10.1 Å². The molecule has 0 aliphatic carbocycles. The zero-order chi connectivity index (χ0) is 14.5. The third kappa shape index (κ3) is 3.61. The molecular formula is C16H17FN2S. The van der Waals surface area contributed by atoms with Crippen molar-refractivity contribution in [1.82, 2.24) is 0 Å². The molecule has 0 aromatic heterocycles. The quantitative estimate of drug-likeness (QED) is 0.674. The van der Waals surface area contributed by atoms with Crippen molar-refractivity contribution >= 4 is 22.6 Å². The molecule has 0 heterocycles. The molecular weight excluding hydrogens is 271 g/mol. The number of nitrogens with zero attached hydrogens (tertiary/aromatic N) is 1. The lowest BCUT2D eigenvalue weighted by molar-refractivity contribution is 0.617. The smallest absolute Gasteiger partial charge is 0.159 e. The normalized spacial score (nSPS) is 11.7. The van der Waals surface area contributed by atoms with E-state index in [1.54, 1.807) is 12.1 Å². The summed E-state index contributed by atoms with van der Waals surface area (Å²) in [6, 6.07) is 12.7. The van der Waals surface area contributed by atoms with Gasteiger partial charge in [-0.2, -0.15) is 0 Å². The van der Waals surface area contributed by atoms with Crippen LogP contribution in [0.2, 0.25) is 0 Å². The highest BCUT2D eigenvalue weighted by atomic mass is 32.2. The fraction of sp³-hybridized carbons (Fsp3) is 0.188. The van der Waals surface area contributed by atoms with Gasteiger partial charge in [0.05, 0.1) is 5.69 Å². The van der Waals surface area contributed by atoms with E-state index in [0.717, 1.165) is 16.8 Å². The molecule has 20 heavy (non-hydrogen) atoms. The molecule has 0 spiro atoms. The number of benzene rings is 2. The molecule has 0 saturated carbocycles. The van der Waals surface area contributed by atoms with Gasteiger partial charge in [-0.25, -0.2) is 9.38 Å². The number of amidine groups is 1. The molecule has 0 saturated heterocycles. The molecule has 2 nitrogen and oxygen atoms in total. The van der Waals surface area contributed by atoms with Crippen LogP contribution in [0.1, 0.15) is 16.7 Å². The van der Waals surface area contributed by atoms with E-state index < -0.39 is 0 Å². The van der Waals surface area contributed by atoms with E-state index in [1.807, 2.05) is 38.1 Å². The maximum atomic E-state index is 13.5. The van der Waals surface area contributed by atoms with Crippen molar-refractivity contribution in [2.24, 2.45) is 10.7 Å². The number of thioether (sulfide) groups is 1. The number of hydrogen-bond donors (Lipinski definition) is 1. The highest BCUT2D eigenvalue weighted by molar-refractivity contribution is 8.13. The van der Waals surface area contributed by atoms with Gasteiger partial charge < -0.3 is 5.73 Å². The van der Waals surface area contributed by atoms with Crippen LogP contribution < -0.4 is 5.73 Å². The minimum atomic E-state index is -0.208. The summed E-state index contributed by atoms with van der Waals surface area (Å²) < 4.78 is 13.5. The van der Waals surface area contributed by atoms with Crippen molar-refractivity contribution in [3.05, 3.63) is 65.0 Å². The number of nitrogens with two attached hydrogens (primary N) is 1. The van der Waals surface area contributed by atoms with E-state index in [9.17, 15) is 4.39 Å². The van der Waals surface area contributed by atoms with E-state index in [4.69, 9.17) is 5.73 Å². The van der Waals surface area contributed by atoms with Crippen LogP contribution in [0.3, 0.4) is 0 Å². The van der Waals surface area contributed by atoms with Crippen molar-refractivity contribution < 1.29 is 4.39 Å². The van der Waals surface area contributed by atoms with Crippen LogP contribution in [0.25, 0.3) is 0 Å². The van der Waals surface area contributed by atoms with Crippen LogP contribution in [0, 0.1) is 19.7 Å². The Morgan fingerprint density at radius 2 is 1.75 bits per heavy atom. The summed E-state index contributed by atoms with van der Waals surface area (Å²) in [7, 11) is 0. The zero-order valence-electron chi connectivity index (χ0n) is 11.6. The molecule has 104 valence electrons. The van der Waals surface area contributed by atoms with Gasteiger partial charge in [-0.05, 0) is 36.6 Å². The van der Waals surface area contributed by atoms with Gasteiger partial charge in [-0.15, -0.1) is 0 Å². The summed E-state index contributed by atoms with van der Waals surface area (Å²) in [5, 5.41) is 0.450. The van der Waals surface area contributed by atoms with Gasteiger partial charge in [0.1, 0.15) is 5.82 Å². The van der Waals surface area contributed by atoms with Crippen molar-refractivity contribution in [2.45, 2.75) is 19.6 Å². The molecule has 0 atom stereocenters. The SMILES string of the molecule is Cc1cccc(C)c1N=C(N)SCc1ccccc1F. The average molecular weight is 288 g/mol. The van der Waals surface area contributed by atoms with Gasteiger partial charge in [0, 0.05) is 5.75 Å². The number of hydrogen-bond acceptors (Lipinski definition) is 2. The molecule has 0 aliphatic rings. The third-order valence-corrected chi connectivity index (χ3v) is 3.84. The van der Waals surface area contributed by atoms with Crippen LogP contribution in [-0.4, -0.2) is 5.17 Å². The van der Waals surface area contributed by atoms with E-state index in [-0.39, 0.29) is 5.82 Å². The molecule has 0 radical (unpaired) electrons. The Labute approximate surface area is 122 Å². The van der Waals surface area contributed by atoms with Crippen LogP contribution >= 0.6 is 11.8 Å². The molecule has 0 amide bonds. The highest BCUT2D eigenvalue weighted by Gasteiger charge is 2.05. The Morgan fingerprint density at radius 3 is 2.40 bits per heavy atom. The predicted octanol–water partition coefficient (Wildman–Crippen LogP) is 4.32. The van der Waals surface area contributed by atoms with E-state index >= 15 is 0 Å². The first-order chi connectivity index (χ1) is 9.58.